The van der Waals surface area contributed by atoms with E-state index < -0.39 is 63.2 Å². The van der Waals surface area contributed by atoms with Crippen molar-refractivity contribution in [3.63, 3.8) is 0 Å². The summed E-state index contributed by atoms with van der Waals surface area (Å²) >= 11 is 0. The summed E-state index contributed by atoms with van der Waals surface area (Å²) in [4.78, 5) is 54.4. The van der Waals surface area contributed by atoms with Gasteiger partial charge >= 0.3 is 24.2 Å². The highest BCUT2D eigenvalue weighted by molar-refractivity contribution is 7.92. The molecule has 60 heavy (non-hydrogen) atoms. The molecule has 20 heteroatoms. The molecule has 0 spiro atoms. The van der Waals surface area contributed by atoms with Crippen LogP contribution in [-0.2, 0) is 29.0 Å². The Balaban J connectivity index is 0.00000104. The van der Waals surface area contributed by atoms with Crippen molar-refractivity contribution in [2.75, 3.05) is 36.6 Å². The van der Waals surface area contributed by atoms with Crippen molar-refractivity contribution in [2.24, 2.45) is 5.92 Å². The molecule has 2 heterocycles. The Morgan fingerprint density at radius 3 is 2.22 bits per heavy atom. The van der Waals surface area contributed by atoms with Crippen molar-refractivity contribution in [2.45, 2.75) is 75.5 Å². The number of carbonyl (C=O) groups excluding carboxylic acids is 2. The van der Waals surface area contributed by atoms with Crippen LogP contribution in [0.1, 0.15) is 64.3 Å². The van der Waals surface area contributed by atoms with Gasteiger partial charge in [0.1, 0.15) is 11.9 Å². The summed E-state index contributed by atoms with van der Waals surface area (Å²) in [5.41, 5.74) is 7.37. The summed E-state index contributed by atoms with van der Waals surface area (Å²) in [6.07, 6.45) is -4.42. The number of fused-ring (bicyclic) bond motifs is 1. The molecule has 1 aromatic heterocycles. The van der Waals surface area contributed by atoms with Gasteiger partial charge in [0.25, 0.3) is 0 Å². The van der Waals surface area contributed by atoms with E-state index in [1.54, 1.807) is 42.6 Å². The van der Waals surface area contributed by atoms with Gasteiger partial charge in [-0.2, -0.15) is 13.2 Å². The van der Waals surface area contributed by atoms with Gasteiger partial charge in [0.05, 0.1) is 41.9 Å². The van der Waals surface area contributed by atoms with Crippen molar-refractivity contribution in [3.8, 4) is 11.5 Å². The molecule has 1 aliphatic heterocycles. The number of hydrogen-bond donors (Lipinski definition) is 5. The fourth-order valence-electron chi connectivity index (χ4n) is 6.46. The number of hydrogen-bond acceptors (Lipinski definition) is 12. The zero-order valence-electron chi connectivity index (χ0n) is 33.4. The van der Waals surface area contributed by atoms with Crippen LogP contribution in [0.2, 0.25) is 0 Å². The Labute approximate surface area is 343 Å². The van der Waals surface area contributed by atoms with Crippen molar-refractivity contribution >= 4 is 61.7 Å². The Morgan fingerprint density at radius 2 is 1.63 bits per heavy atom. The number of pyridine rings is 1. The number of aromatic nitrogens is 1. The van der Waals surface area contributed by atoms with Crippen molar-refractivity contribution in [1.29, 1.82) is 0 Å². The lowest BCUT2D eigenvalue weighted by atomic mass is 9.92. The fourth-order valence-corrected chi connectivity index (χ4v) is 7.73. The van der Waals surface area contributed by atoms with Crippen molar-refractivity contribution in [3.05, 3.63) is 78.0 Å². The van der Waals surface area contributed by atoms with Crippen LogP contribution in [-0.4, -0.2) is 90.2 Å². The van der Waals surface area contributed by atoms with Gasteiger partial charge in [0.15, 0.2) is 21.3 Å². The van der Waals surface area contributed by atoms with Gasteiger partial charge < -0.3 is 40.4 Å². The number of halogens is 3. The van der Waals surface area contributed by atoms with E-state index in [2.05, 4.69) is 15.6 Å². The van der Waals surface area contributed by atoms with E-state index in [0.717, 1.165) is 10.8 Å². The van der Waals surface area contributed by atoms with E-state index in [-0.39, 0.29) is 35.2 Å². The molecule has 324 valence electrons. The highest BCUT2D eigenvalue weighted by Gasteiger charge is 2.46. The Morgan fingerprint density at radius 1 is 0.967 bits per heavy atom. The lowest BCUT2D eigenvalue weighted by molar-refractivity contribution is -0.192. The predicted molar refractivity (Wildman–Crippen MR) is 215 cm³/mol. The third-order valence-corrected chi connectivity index (χ3v) is 11.5. The van der Waals surface area contributed by atoms with Gasteiger partial charge in [-0.05, 0) is 112 Å². The summed E-state index contributed by atoms with van der Waals surface area (Å²) in [5.74, 6) is -4.42. The molecule has 3 atom stereocenters. The number of methoxy groups -OCH3 is 1. The summed E-state index contributed by atoms with van der Waals surface area (Å²) in [7, 11) is -2.82. The van der Waals surface area contributed by atoms with Crippen molar-refractivity contribution in [1.82, 2.24) is 9.88 Å². The first-order valence-corrected chi connectivity index (χ1v) is 20.1. The molecule has 4 aromatic rings. The van der Waals surface area contributed by atoms with Crippen LogP contribution in [0.3, 0.4) is 0 Å². The Bertz CT molecular complexity index is 2340. The second-order valence-corrected chi connectivity index (χ2v) is 16.5. The standard InChI is InChI=1S/C38H45N5O9S.C2HF3O2/c1-7-51-31-19-24(8-12-30(31)52-21(2)3)33(41-25-9-11-27-23(18-25)14-16-40-35(27)39)36(44)43-17-15-28(37(45)46)34(43)29-20-26(42-38(47)50-6)10-13-32(29)53(48,49)22(4)5;3-2(4,5)1(6)7/h8-14,16,18-22,28,33-34,41H,7,15,17H2,1-6H3,(H2,39,40)(H,42,47)(H,45,46);(H,6,7)/t28-,33?,34-;/m1./s1. The van der Waals surface area contributed by atoms with E-state index in [4.69, 9.17) is 29.8 Å². The maximum absolute atomic E-state index is 15.1. The molecular formula is C40H46F3N5O11S. The molecule has 0 saturated carbocycles. The maximum Gasteiger partial charge on any atom is 0.490 e. The molecular weight excluding hydrogens is 816 g/mol. The van der Waals surface area contributed by atoms with Gasteiger partial charge in [-0.25, -0.2) is 23.0 Å². The number of sulfone groups is 1. The predicted octanol–water partition coefficient (Wildman–Crippen LogP) is 6.82. The average Bonchev–Trinajstić information content (AvgIpc) is 3.63. The number of anilines is 3. The Hall–Kier alpha value is -6.31. The molecule has 2 amide bonds. The van der Waals surface area contributed by atoms with E-state index in [1.165, 1.54) is 44.1 Å². The number of nitrogens with zero attached hydrogens (tertiary/aromatic N) is 2. The number of aliphatic carboxylic acids is 2. The number of likely N-dealkylation sites (tertiary alicyclic amines) is 1. The minimum absolute atomic E-state index is 0.00125. The van der Waals surface area contributed by atoms with Crippen LogP contribution in [0, 0.1) is 5.92 Å². The molecule has 1 fully saturated rings. The fraction of sp³-hybridized carbons (Fsp3) is 0.375. The minimum Gasteiger partial charge on any atom is -0.490 e. The highest BCUT2D eigenvalue weighted by atomic mass is 32.2. The summed E-state index contributed by atoms with van der Waals surface area (Å²) in [6.45, 7) is 8.95. The number of amides is 2. The monoisotopic (exact) mass is 861 g/mol. The summed E-state index contributed by atoms with van der Waals surface area (Å²) < 4.78 is 75.9. The van der Waals surface area contributed by atoms with Crippen LogP contribution in [0.15, 0.2) is 71.8 Å². The van der Waals surface area contributed by atoms with Gasteiger partial charge in [-0.15, -0.1) is 0 Å². The number of carboxylic acids is 2. The quantitative estimate of drug-likeness (QED) is 0.0928. The van der Waals surface area contributed by atoms with E-state index in [1.807, 2.05) is 26.8 Å². The highest BCUT2D eigenvalue weighted by Crippen LogP contribution is 2.44. The van der Waals surface area contributed by atoms with Gasteiger partial charge in [0.2, 0.25) is 5.91 Å². The topological polar surface area (TPSA) is 237 Å². The number of carbonyl (C=O) groups is 4. The zero-order valence-corrected chi connectivity index (χ0v) is 34.3. The van der Waals surface area contributed by atoms with Gasteiger partial charge in [0, 0.05) is 29.5 Å². The number of benzene rings is 3. The molecule has 0 bridgehead atoms. The third-order valence-electron chi connectivity index (χ3n) is 9.24. The molecule has 1 aliphatic rings. The lowest BCUT2D eigenvalue weighted by Crippen LogP contribution is -2.40. The molecule has 1 saturated heterocycles. The largest absolute Gasteiger partial charge is 0.490 e. The first-order valence-electron chi connectivity index (χ1n) is 18.5. The molecule has 5 rings (SSSR count). The number of carboxylic acid groups (broad SMARTS) is 2. The number of rotatable bonds is 13. The second-order valence-electron chi connectivity index (χ2n) is 14.0. The smallest absolute Gasteiger partial charge is 0.490 e. The molecule has 6 N–H and O–H groups in total. The number of nitrogens with two attached hydrogens (primary N) is 1. The third kappa shape index (κ3) is 10.8. The van der Waals surface area contributed by atoms with Crippen molar-refractivity contribution < 1.29 is 65.2 Å². The summed E-state index contributed by atoms with van der Waals surface area (Å²) in [6, 6.07) is 14.1. The SMILES string of the molecule is CCOc1cc(C(Nc2ccc3c(N)nccc3c2)C(=O)N2CC[C@@H](C(=O)O)[C@@H]2c2cc(NC(=O)OC)ccc2S(=O)(=O)C(C)C)ccc1OC(C)C.O=C(O)C(F)(F)F. The molecule has 0 aliphatic carbocycles. The van der Waals surface area contributed by atoms with Crippen LogP contribution in [0.25, 0.3) is 10.8 Å². The normalized spacial score (nSPS) is 15.8. The van der Waals surface area contributed by atoms with Crippen LogP contribution < -0.4 is 25.8 Å². The van der Waals surface area contributed by atoms with E-state index in [9.17, 15) is 36.3 Å². The average molecular weight is 862 g/mol. The zero-order chi connectivity index (χ0) is 44.7. The number of ether oxygens (including phenoxy) is 3. The van der Waals surface area contributed by atoms with Gasteiger partial charge in [-0.3, -0.25) is 14.9 Å². The summed E-state index contributed by atoms with van der Waals surface area (Å²) in [5, 5.41) is 24.1. The molecule has 1 unspecified atom stereocenters. The second kappa shape index (κ2) is 19.2. The first kappa shape index (κ1) is 46.4. The maximum atomic E-state index is 15.1. The lowest BCUT2D eigenvalue weighted by Gasteiger charge is -2.33. The first-order chi connectivity index (χ1) is 28.1. The molecule has 0 radical (unpaired) electrons. The van der Waals surface area contributed by atoms with Crippen LogP contribution in [0.5, 0.6) is 11.5 Å². The Kier molecular flexibility index (Phi) is 14.8. The number of alkyl halides is 3. The number of nitrogens with one attached hydrogen (secondary N) is 2. The van der Waals surface area contributed by atoms with Crippen LogP contribution in [0.4, 0.5) is 35.2 Å². The number of nitrogen functional groups attached to an aromatic ring is 1. The van der Waals surface area contributed by atoms with E-state index in [0.29, 0.717) is 35.2 Å². The van der Waals surface area contributed by atoms with Crippen LogP contribution >= 0.6 is 0 Å². The molecule has 3 aromatic carbocycles. The molecule has 16 nitrogen and oxygen atoms in total. The van der Waals surface area contributed by atoms with Gasteiger partial charge in [-0.1, -0.05) is 6.07 Å². The van der Waals surface area contributed by atoms with E-state index >= 15 is 4.79 Å². The minimum atomic E-state index is -5.08.